The molecular weight excluding hydrogens is 204 g/mol. The average Bonchev–Trinajstić information content (AvgIpc) is 2.16. The Labute approximate surface area is 85.4 Å². The molecule has 0 radical (unpaired) electrons. The maximum atomic E-state index is 11.2. The second-order valence-electron chi connectivity index (χ2n) is 2.99. The molecule has 8 nitrogen and oxygen atoms in total. The first-order chi connectivity index (χ1) is 7.04. The number of imide groups is 1. The monoisotopic (exact) mass is 216 g/mol. The fourth-order valence-electron chi connectivity index (χ4n) is 1.10. The van der Waals surface area contributed by atoms with Gasteiger partial charge in [0.1, 0.15) is 6.04 Å². The molecule has 15 heavy (non-hydrogen) atoms. The van der Waals surface area contributed by atoms with Gasteiger partial charge in [-0.15, -0.1) is 0 Å². The van der Waals surface area contributed by atoms with E-state index in [9.17, 15) is 14.4 Å². The van der Waals surface area contributed by atoms with Crippen LogP contribution in [0.4, 0.5) is 4.79 Å². The van der Waals surface area contributed by atoms with Crippen molar-refractivity contribution in [3.63, 3.8) is 0 Å². The van der Waals surface area contributed by atoms with E-state index in [4.69, 9.17) is 5.11 Å². The number of hydrogen-bond acceptors (Lipinski definition) is 5. The molecule has 8 heteroatoms. The maximum Gasteiger partial charge on any atom is 0.335 e. The van der Waals surface area contributed by atoms with E-state index in [-0.39, 0.29) is 0 Å². The predicted molar refractivity (Wildman–Crippen MR) is 48.4 cm³/mol. The summed E-state index contributed by atoms with van der Waals surface area (Å²) in [6.07, 6.45) is -0.613. The molecule has 2 unspecified atom stereocenters. The highest BCUT2D eigenvalue weighted by Crippen LogP contribution is 1.94. The first kappa shape index (κ1) is 11.4. The van der Waals surface area contributed by atoms with Crippen LogP contribution in [0.15, 0.2) is 0 Å². The predicted octanol–water partition coefficient (Wildman–Crippen LogP) is -1.89. The van der Waals surface area contributed by atoms with Crippen LogP contribution >= 0.6 is 0 Å². The molecule has 1 heterocycles. The highest BCUT2D eigenvalue weighted by Gasteiger charge is 2.29. The molecule has 1 aliphatic rings. The van der Waals surface area contributed by atoms with Crippen molar-refractivity contribution in [3.8, 4) is 0 Å². The van der Waals surface area contributed by atoms with E-state index in [1.54, 1.807) is 6.92 Å². The van der Waals surface area contributed by atoms with Crippen molar-refractivity contribution in [3.05, 3.63) is 0 Å². The van der Waals surface area contributed by atoms with Crippen molar-refractivity contribution < 1.29 is 19.5 Å². The minimum absolute atomic E-state index is 0.328. The summed E-state index contributed by atoms with van der Waals surface area (Å²) < 4.78 is 0. The summed E-state index contributed by atoms with van der Waals surface area (Å²) in [6, 6.07) is -1.51. The zero-order valence-electron chi connectivity index (χ0n) is 8.03. The van der Waals surface area contributed by atoms with Gasteiger partial charge in [-0.25, -0.2) is 10.2 Å². The van der Waals surface area contributed by atoms with Crippen LogP contribution in [0.1, 0.15) is 13.3 Å². The quantitative estimate of drug-likeness (QED) is 0.375. The van der Waals surface area contributed by atoms with Gasteiger partial charge in [0.25, 0.3) is 5.91 Å². The molecule has 0 aliphatic carbocycles. The lowest BCUT2D eigenvalue weighted by Gasteiger charge is -2.26. The number of carboxylic acids is 1. The summed E-state index contributed by atoms with van der Waals surface area (Å²) in [5, 5.41) is 13.3. The van der Waals surface area contributed by atoms with Crippen molar-refractivity contribution in [2.24, 2.45) is 0 Å². The molecule has 2 atom stereocenters. The Morgan fingerprint density at radius 1 is 1.60 bits per heavy atom. The van der Waals surface area contributed by atoms with E-state index < -0.39 is 30.1 Å². The second-order valence-corrected chi connectivity index (χ2v) is 2.99. The summed E-state index contributed by atoms with van der Waals surface area (Å²) >= 11 is 0. The summed E-state index contributed by atoms with van der Waals surface area (Å²) in [5.74, 6) is -1.66. The molecule has 0 saturated carbocycles. The van der Waals surface area contributed by atoms with E-state index in [2.05, 4.69) is 16.2 Å². The molecule has 0 spiro atoms. The number of rotatable bonds is 4. The molecule has 1 saturated heterocycles. The molecule has 84 valence electrons. The third kappa shape index (κ3) is 2.89. The van der Waals surface area contributed by atoms with Crippen molar-refractivity contribution in [2.75, 3.05) is 0 Å². The van der Waals surface area contributed by atoms with Crippen LogP contribution in [-0.4, -0.2) is 35.2 Å². The molecule has 1 fully saturated rings. The number of amides is 3. The Kier molecular flexibility index (Phi) is 3.58. The van der Waals surface area contributed by atoms with Crippen LogP contribution in [0, 0.1) is 0 Å². The van der Waals surface area contributed by atoms with Crippen LogP contribution in [0.25, 0.3) is 0 Å². The number of urea groups is 1. The van der Waals surface area contributed by atoms with Crippen molar-refractivity contribution in [2.45, 2.75) is 25.6 Å². The van der Waals surface area contributed by atoms with Crippen molar-refractivity contribution in [1.82, 2.24) is 21.5 Å². The number of nitrogens with one attached hydrogen (secondary N) is 4. The smallest absolute Gasteiger partial charge is 0.335 e. The minimum atomic E-state index is -1.05. The Morgan fingerprint density at radius 2 is 2.27 bits per heavy atom. The van der Waals surface area contributed by atoms with Crippen molar-refractivity contribution in [1.29, 1.82) is 0 Å². The fourth-order valence-corrected chi connectivity index (χ4v) is 1.10. The topological polar surface area (TPSA) is 120 Å². The van der Waals surface area contributed by atoms with Gasteiger partial charge in [-0.1, -0.05) is 6.92 Å². The van der Waals surface area contributed by atoms with E-state index in [0.29, 0.717) is 6.42 Å². The van der Waals surface area contributed by atoms with Gasteiger partial charge in [0, 0.05) is 0 Å². The molecule has 5 N–H and O–H groups in total. The van der Waals surface area contributed by atoms with Gasteiger partial charge in [0.15, 0.2) is 6.17 Å². The molecule has 1 rings (SSSR count). The van der Waals surface area contributed by atoms with Gasteiger partial charge in [0.05, 0.1) is 0 Å². The van der Waals surface area contributed by atoms with Gasteiger partial charge in [-0.3, -0.25) is 25.6 Å². The van der Waals surface area contributed by atoms with E-state index >= 15 is 0 Å². The lowest BCUT2D eigenvalue weighted by atomic mass is 10.2. The average molecular weight is 216 g/mol. The van der Waals surface area contributed by atoms with Gasteiger partial charge in [-0.05, 0) is 6.42 Å². The van der Waals surface area contributed by atoms with Crippen molar-refractivity contribution >= 4 is 17.9 Å². The Hall–Kier alpha value is -1.67. The highest BCUT2D eigenvalue weighted by molar-refractivity contribution is 5.98. The summed E-state index contributed by atoms with van der Waals surface area (Å²) in [4.78, 5) is 32.5. The Morgan fingerprint density at radius 3 is 2.73 bits per heavy atom. The van der Waals surface area contributed by atoms with Crippen LogP contribution in [0.5, 0.6) is 0 Å². The fraction of sp³-hybridized carbons (Fsp3) is 0.571. The number of hydrogen-bond donors (Lipinski definition) is 5. The molecule has 1 aliphatic heterocycles. The Bertz CT molecular complexity index is 293. The van der Waals surface area contributed by atoms with Gasteiger partial charge in [0.2, 0.25) is 0 Å². The number of carboxylic acid groups (broad SMARTS) is 1. The first-order valence-corrected chi connectivity index (χ1v) is 4.39. The highest BCUT2D eigenvalue weighted by atomic mass is 16.4. The molecule has 0 aromatic heterocycles. The largest absolute Gasteiger partial charge is 0.480 e. The van der Waals surface area contributed by atoms with Gasteiger partial charge in [-0.2, -0.15) is 0 Å². The van der Waals surface area contributed by atoms with Crippen LogP contribution < -0.4 is 21.5 Å². The SMILES string of the molecule is CCC(NC1NNC(=O)NC1=O)C(=O)O. The third-order valence-electron chi connectivity index (χ3n) is 1.90. The van der Waals surface area contributed by atoms with E-state index in [0.717, 1.165) is 0 Å². The zero-order valence-corrected chi connectivity index (χ0v) is 8.03. The first-order valence-electron chi connectivity index (χ1n) is 4.39. The van der Waals surface area contributed by atoms with Gasteiger partial charge >= 0.3 is 12.0 Å². The molecule has 0 aromatic carbocycles. The second kappa shape index (κ2) is 4.71. The lowest BCUT2D eigenvalue weighted by Crippen LogP contribution is -2.68. The Balaban J connectivity index is 2.54. The number of carbonyl (C=O) groups excluding carboxylic acids is 2. The molecule has 0 bridgehead atoms. The molecule has 3 amide bonds. The van der Waals surface area contributed by atoms with E-state index in [1.165, 1.54) is 0 Å². The maximum absolute atomic E-state index is 11.2. The van der Waals surface area contributed by atoms with Crippen LogP contribution in [0.2, 0.25) is 0 Å². The lowest BCUT2D eigenvalue weighted by molar-refractivity contribution is -0.140. The number of hydrazine groups is 1. The van der Waals surface area contributed by atoms with E-state index in [1.807, 2.05) is 5.32 Å². The number of carbonyl (C=O) groups is 3. The molecular formula is C7H12N4O4. The zero-order chi connectivity index (χ0) is 11.4. The van der Waals surface area contributed by atoms with Crippen LogP contribution in [-0.2, 0) is 9.59 Å². The van der Waals surface area contributed by atoms with Gasteiger partial charge < -0.3 is 5.11 Å². The third-order valence-corrected chi connectivity index (χ3v) is 1.90. The molecule has 0 aromatic rings. The van der Waals surface area contributed by atoms with Crippen LogP contribution in [0.3, 0.4) is 0 Å². The number of aliphatic carboxylic acids is 1. The normalized spacial score (nSPS) is 22.9. The standard InChI is InChI=1S/C7H12N4O4/c1-2-3(6(13)14)8-4-5(12)9-7(15)11-10-4/h3-4,8,10H,2H2,1H3,(H,13,14)(H2,9,11,12,15). The summed E-state index contributed by atoms with van der Waals surface area (Å²) in [5.41, 5.74) is 4.51. The minimum Gasteiger partial charge on any atom is -0.480 e. The summed E-state index contributed by atoms with van der Waals surface area (Å²) in [6.45, 7) is 1.67. The summed E-state index contributed by atoms with van der Waals surface area (Å²) in [7, 11) is 0.